The summed E-state index contributed by atoms with van der Waals surface area (Å²) in [4.78, 5) is 10.7. The number of aliphatic hydroxyl groups excluding tert-OH is 1. The zero-order valence-electron chi connectivity index (χ0n) is 7.92. The zero-order chi connectivity index (χ0) is 9.72. The van der Waals surface area contributed by atoms with Gasteiger partial charge in [0.15, 0.2) is 0 Å². The SMILES string of the molecule is C/C(C(N)=O)=C(\CO)CC(C)C. The number of aliphatic hydroxyl groups is 1. The smallest absolute Gasteiger partial charge is 0.244 e. The van der Waals surface area contributed by atoms with Crippen LogP contribution in [-0.4, -0.2) is 17.6 Å². The van der Waals surface area contributed by atoms with Gasteiger partial charge in [-0.25, -0.2) is 0 Å². The van der Waals surface area contributed by atoms with E-state index in [9.17, 15) is 4.79 Å². The maximum atomic E-state index is 10.7. The van der Waals surface area contributed by atoms with Crippen LogP contribution < -0.4 is 5.73 Å². The van der Waals surface area contributed by atoms with Gasteiger partial charge in [0.25, 0.3) is 0 Å². The maximum absolute atomic E-state index is 10.7. The van der Waals surface area contributed by atoms with Crippen molar-refractivity contribution in [2.75, 3.05) is 6.61 Å². The van der Waals surface area contributed by atoms with Crippen LogP contribution >= 0.6 is 0 Å². The van der Waals surface area contributed by atoms with Crippen LogP contribution in [0.2, 0.25) is 0 Å². The number of carbonyl (C=O) groups is 1. The Hall–Kier alpha value is -0.830. The molecule has 0 saturated heterocycles. The molecule has 0 spiro atoms. The fraction of sp³-hybridized carbons (Fsp3) is 0.667. The van der Waals surface area contributed by atoms with Crippen molar-refractivity contribution in [3.05, 3.63) is 11.1 Å². The number of primary amides is 1. The maximum Gasteiger partial charge on any atom is 0.244 e. The first kappa shape index (κ1) is 11.2. The minimum absolute atomic E-state index is 0.0764. The van der Waals surface area contributed by atoms with Gasteiger partial charge in [-0.1, -0.05) is 13.8 Å². The molecule has 0 heterocycles. The molecule has 0 bridgehead atoms. The summed E-state index contributed by atoms with van der Waals surface area (Å²) < 4.78 is 0. The molecule has 12 heavy (non-hydrogen) atoms. The summed E-state index contributed by atoms with van der Waals surface area (Å²) in [6, 6.07) is 0. The molecule has 0 aliphatic rings. The van der Waals surface area contributed by atoms with Crippen molar-refractivity contribution in [2.24, 2.45) is 11.7 Å². The van der Waals surface area contributed by atoms with E-state index in [1.54, 1.807) is 6.92 Å². The number of hydrogen-bond acceptors (Lipinski definition) is 2. The summed E-state index contributed by atoms with van der Waals surface area (Å²) in [5, 5.41) is 8.93. The minimum Gasteiger partial charge on any atom is -0.392 e. The van der Waals surface area contributed by atoms with Gasteiger partial charge in [0, 0.05) is 5.57 Å². The second kappa shape index (κ2) is 4.93. The van der Waals surface area contributed by atoms with Crippen molar-refractivity contribution in [3.8, 4) is 0 Å². The highest BCUT2D eigenvalue weighted by Gasteiger charge is 2.07. The third kappa shape index (κ3) is 3.53. The Bertz CT molecular complexity index is 195. The van der Waals surface area contributed by atoms with Gasteiger partial charge < -0.3 is 10.8 Å². The van der Waals surface area contributed by atoms with E-state index in [4.69, 9.17) is 10.8 Å². The molecule has 0 saturated carbocycles. The molecule has 0 atom stereocenters. The van der Waals surface area contributed by atoms with E-state index in [0.29, 0.717) is 11.5 Å². The van der Waals surface area contributed by atoms with Gasteiger partial charge in [-0.15, -0.1) is 0 Å². The van der Waals surface area contributed by atoms with Gasteiger partial charge in [-0.3, -0.25) is 4.79 Å². The highest BCUT2D eigenvalue weighted by Crippen LogP contribution is 2.13. The number of amides is 1. The summed E-state index contributed by atoms with van der Waals surface area (Å²) in [5.74, 6) is -0.0128. The van der Waals surface area contributed by atoms with Crippen LogP contribution in [0.25, 0.3) is 0 Å². The molecule has 0 aliphatic carbocycles. The lowest BCUT2D eigenvalue weighted by Crippen LogP contribution is -2.15. The molecule has 3 nitrogen and oxygen atoms in total. The Kier molecular flexibility index (Phi) is 4.59. The second-order valence-electron chi connectivity index (χ2n) is 3.35. The van der Waals surface area contributed by atoms with Crippen LogP contribution in [0, 0.1) is 5.92 Å². The summed E-state index contributed by atoms with van der Waals surface area (Å²) in [5.41, 5.74) is 6.32. The third-order valence-corrected chi connectivity index (χ3v) is 1.75. The molecule has 0 fully saturated rings. The normalized spacial score (nSPS) is 13.1. The van der Waals surface area contributed by atoms with E-state index in [1.165, 1.54) is 0 Å². The average Bonchev–Trinajstić information content (AvgIpc) is 1.98. The van der Waals surface area contributed by atoms with Crippen LogP contribution in [0.5, 0.6) is 0 Å². The molecule has 3 heteroatoms. The second-order valence-corrected chi connectivity index (χ2v) is 3.35. The molecular weight excluding hydrogens is 154 g/mol. The Balaban J connectivity index is 4.50. The Morgan fingerprint density at radius 1 is 1.50 bits per heavy atom. The standard InChI is InChI=1S/C9H17NO2/c1-6(2)4-8(5-11)7(3)9(10)12/h6,11H,4-5H2,1-3H3,(H2,10,12)/b8-7+. The third-order valence-electron chi connectivity index (χ3n) is 1.75. The van der Waals surface area contributed by atoms with Gasteiger partial charge in [-0.05, 0) is 24.8 Å². The molecule has 0 aromatic carbocycles. The molecule has 0 radical (unpaired) electrons. The predicted octanol–water partition coefficient (Wildman–Crippen LogP) is 0.827. The van der Waals surface area contributed by atoms with Crippen LogP contribution in [-0.2, 0) is 4.79 Å². The molecule has 70 valence electrons. The van der Waals surface area contributed by atoms with Crippen molar-refractivity contribution in [3.63, 3.8) is 0 Å². The monoisotopic (exact) mass is 171 g/mol. The average molecular weight is 171 g/mol. The first-order valence-corrected chi connectivity index (χ1v) is 4.08. The van der Waals surface area contributed by atoms with Gasteiger partial charge in [-0.2, -0.15) is 0 Å². The highest BCUT2D eigenvalue weighted by molar-refractivity contribution is 5.92. The molecule has 0 aromatic heterocycles. The van der Waals surface area contributed by atoms with Gasteiger partial charge in [0.1, 0.15) is 0 Å². The number of nitrogens with two attached hydrogens (primary N) is 1. The molecule has 0 aliphatic heterocycles. The lowest BCUT2D eigenvalue weighted by Gasteiger charge is -2.09. The molecule has 0 aromatic rings. The lowest BCUT2D eigenvalue weighted by molar-refractivity contribution is -0.114. The summed E-state index contributed by atoms with van der Waals surface area (Å²) in [6.45, 7) is 5.64. The summed E-state index contributed by atoms with van der Waals surface area (Å²) >= 11 is 0. The van der Waals surface area contributed by atoms with Gasteiger partial charge in [0.2, 0.25) is 5.91 Å². The van der Waals surface area contributed by atoms with Crippen molar-refractivity contribution in [2.45, 2.75) is 27.2 Å². The summed E-state index contributed by atoms with van der Waals surface area (Å²) in [7, 11) is 0. The van der Waals surface area contributed by atoms with Crippen LogP contribution in [0.15, 0.2) is 11.1 Å². The molecule has 0 rings (SSSR count). The van der Waals surface area contributed by atoms with Crippen LogP contribution in [0.4, 0.5) is 0 Å². The first-order chi connectivity index (χ1) is 5.49. The molecule has 1 amide bonds. The van der Waals surface area contributed by atoms with E-state index in [1.807, 2.05) is 13.8 Å². The Morgan fingerprint density at radius 2 is 2.00 bits per heavy atom. The van der Waals surface area contributed by atoms with E-state index in [0.717, 1.165) is 12.0 Å². The number of hydrogen-bond donors (Lipinski definition) is 2. The van der Waals surface area contributed by atoms with E-state index < -0.39 is 5.91 Å². The largest absolute Gasteiger partial charge is 0.392 e. The van der Waals surface area contributed by atoms with Gasteiger partial charge in [0.05, 0.1) is 6.61 Å². The number of carbonyl (C=O) groups excluding carboxylic acids is 1. The highest BCUT2D eigenvalue weighted by atomic mass is 16.3. The fourth-order valence-corrected chi connectivity index (χ4v) is 1.00. The van der Waals surface area contributed by atoms with E-state index in [2.05, 4.69) is 0 Å². The molecular formula is C9H17NO2. The predicted molar refractivity (Wildman–Crippen MR) is 48.4 cm³/mol. The van der Waals surface area contributed by atoms with Gasteiger partial charge >= 0.3 is 0 Å². The quantitative estimate of drug-likeness (QED) is 0.615. The van der Waals surface area contributed by atoms with Crippen molar-refractivity contribution in [1.82, 2.24) is 0 Å². The Labute approximate surface area is 73.3 Å². The lowest BCUT2D eigenvalue weighted by atomic mass is 9.99. The fourth-order valence-electron chi connectivity index (χ4n) is 1.00. The van der Waals surface area contributed by atoms with Crippen molar-refractivity contribution < 1.29 is 9.90 Å². The van der Waals surface area contributed by atoms with Crippen molar-refractivity contribution >= 4 is 5.91 Å². The van der Waals surface area contributed by atoms with E-state index in [-0.39, 0.29) is 6.61 Å². The summed E-state index contributed by atoms with van der Waals surface area (Å²) in [6.07, 6.45) is 0.727. The molecule has 3 N–H and O–H groups in total. The minimum atomic E-state index is -0.445. The van der Waals surface area contributed by atoms with Crippen LogP contribution in [0.3, 0.4) is 0 Å². The van der Waals surface area contributed by atoms with E-state index >= 15 is 0 Å². The topological polar surface area (TPSA) is 63.3 Å². The Morgan fingerprint density at radius 3 is 2.25 bits per heavy atom. The number of rotatable bonds is 4. The first-order valence-electron chi connectivity index (χ1n) is 4.08. The van der Waals surface area contributed by atoms with Crippen LogP contribution in [0.1, 0.15) is 27.2 Å². The van der Waals surface area contributed by atoms with Crippen molar-refractivity contribution in [1.29, 1.82) is 0 Å². The molecule has 0 unspecified atom stereocenters. The zero-order valence-corrected chi connectivity index (χ0v) is 7.92.